The highest BCUT2D eigenvalue weighted by Gasteiger charge is 2.17. The fourth-order valence-electron chi connectivity index (χ4n) is 2.57. The molecule has 0 saturated heterocycles. The van der Waals surface area contributed by atoms with Crippen LogP contribution in [0, 0.1) is 0 Å². The van der Waals surface area contributed by atoms with E-state index in [9.17, 15) is 4.79 Å². The van der Waals surface area contributed by atoms with Crippen molar-refractivity contribution in [1.82, 2.24) is 0 Å². The van der Waals surface area contributed by atoms with Crippen molar-refractivity contribution in [2.45, 2.75) is 51.5 Å². The van der Waals surface area contributed by atoms with Crippen molar-refractivity contribution in [2.24, 2.45) is 5.73 Å². The molecule has 3 N–H and O–H groups in total. The number of carbonyl (C=O) groups is 1. The first kappa shape index (κ1) is 13.1. The maximum atomic E-state index is 12.0. The van der Waals surface area contributed by atoms with Crippen LogP contribution in [0.1, 0.15) is 43.7 Å². The van der Waals surface area contributed by atoms with Crippen molar-refractivity contribution in [2.75, 3.05) is 5.32 Å². The van der Waals surface area contributed by atoms with Gasteiger partial charge in [0.25, 0.3) is 0 Å². The van der Waals surface area contributed by atoms with E-state index in [1.54, 1.807) is 0 Å². The van der Waals surface area contributed by atoms with Gasteiger partial charge in [-0.2, -0.15) is 0 Å². The van der Waals surface area contributed by atoms with Gasteiger partial charge < -0.3 is 11.1 Å². The average Bonchev–Trinajstić information content (AvgIpc) is 2.39. The zero-order valence-corrected chi connectivity index (χ0v) is 11.0. The van der Waals surface area contributed by atoms with E-state index >= 15 is 0 Å². The summed E-state index contributed by atoms with van der Waals surface area (Å²) in [7, 11) is 0. The molecule has 1 atom stereocenters. The lowest BCUT2D eigenvalue weighted by Gasteiger charge is -2.20. The molecular formula is C15H22N2O. The highest BCUT2D eigenvalue weighted by atomic mass is 16.2. The van der Waals surface area contributed by atoms with Gasteiger partial charge in [-0.05, 0) is 49.3 Å². The number of carbonyl (C=O) groups excluding carboxylic acids is 1. The number of anilines is 1. The lowest BCUT2D eigenvalue weighted by Crippen LogP contribution is -2.35. The summed E-state index contributed by atoms with van der Waals surface area (Å²) in [6.07, 6.45) is 6.32. The van der Waals surface area contributed by atoms with E-state index in [1.807, 2.05) is 19.1 Å². The molecule has 0 aliphatic heterocycles. The molecule has 3 heteroatoms. The number of nitrogens with one attached hydrogen (secondary N) is 1. The highest BCUT2D eigenvalue weighted by Crippen LogP contribution is 2.27. The van der Waals surface area contributed by atoms with Crippen LogP contribution in [-0.2, 0) is 17.6 Å². The Labute approximate surface area is 109 Å². The number of nitrogens with two attached hydrogens (primary N) is 1. The van der Waals surface area contributed by atoms with Crippen LogP contribution in [0.5, 0.6) is 0 Å². The normalized spacial score (nSPS) is 15.9. The summed E-state index contributed by atoms with van der Waals surface area (Å²) in [5.41, 5.74) is 9.49. The molecule has 0 bridgehead atoms. The van der Waals surface area contributed by atoms with Crippen LogP contribution in [0.2, 0.25) is 0 Å². The summed E-state index contributed by atoms with van der Waals surface area (Å²) in [6, 6.07) is 5.77. The Hall–Kier alpha value is -1.35. The van der Waals surface area contributed by atoms with Crippen molar-refractivity contribution in [3.63, 3.8) is 0 Å². The SMILES string of the molecule is CCCC(N)C(=O)Nc1cccc2c1CCCC2. The molecule has 1 amide bonds. The first-order valence-electron chi connectivity index (χ1n) is 6.89. The van der Waals surface area contributed by atoms with Crippen LogP contribution in [0.4, 0.5) is 5.69 Å². The third-order valence-corrected chi connectivity index (χ3v) is 3.59. The van der Waals surface area contributed by atoms with Crippen LogP contribution in [-0.4, -0.2) is 11.9 Å². The minimum atomic E-state index is -0.394. The van der Waals surface area contributed by atoms with E-state index in [0.29, 0.717) is 0 Å². The van der Waals surface area contributed by atoms with E-state index in [1.165, 1.54) is 24.0 Å². The summed E-state index contributed by atoms with van der Waals surface area (Å²) in [5.74, 6) is -0.0594. The molecule has 0 heterocycles. The van der Waals surface area contributed by atoms with Crippen LogP contribution < -0.4 is 11.1 Å². The Balaban J connectivity index is 2.12. The van der Waals surface area contributed by atoms with Gasteiger partial charge in [0.1, 0.15) is 0 Å². The lowest BCUT2D eigenvalue weighted by molar-refractivity contribution is -0.117. The zero-order chi connectivity index (χ0) is 13.0. The molecule has 1 aromatic rings. The number of rotatable bonds is 4. The van der Waals surface area contributed by atoms with Crippen LogP contribution in [0.3, 0.4) is 0 Å². The third kappa shape index (κ3) is 2.91. The van der Waals surface area contributed by atoms with Crippen molar-refractivity contribution in [3.8, 4) is 0 Å². The fraction of sp³-hybridized carbons (Fsp3) is 0.533. The molecule has 1 aliphatic carbocycles. The van der Waals surface area contributed by atoms with Gasteiger partial charge in [0.15, 0.2) is 0 Å². The van der Waals surface area contributed by atoms with E-state index in [4.69, 9.17) is 5.73 Å². The molecule has 3 nitrogen and oxygen atoms in total. The van der Waals surface area contributed by atoms with Crippen molar-refractivity contribution in [3.05, 3.63) is 29.3 Å². The second-order valence-corrected chi connectivity index (χ2v) is 5.03. The van der Waals surface area contributed by atoms with Gasteiger partial charge in [-0.15, -0.1) is 0 Å². The smallest absolute Gasteiger partial charge is 0.241 e. The molecule has 1 unspecified atom stereocenters. The number of hydrogen-bond donors (Lipinski definition) is 2. The summed E-state index contributed by atoms with van der Waals surface area (Å²) < 4.78 is 0. The van der Waals surface area contributed by atoms with Crippen molar-refractivity contribution in [1.29, 1.82) is 0 Å². The molecule has 0 aromatic heterocycles. The Bertz CT molecular complexity index is 429. The number of benzene rings is 1. The Morgan fingerprint density at radius 2 is 2.17 bits per heavy atom. The maximum absolute atomic E-state index is 12.0. The fourth-order valence-corrected chi connectivity index (χ4v) is 2.57. The largest absolute Gasteiger partial charge is 0.324 e. The van der Waals surface area contributed by atoms with E-state index in [2.05, 4.69) is 11.4 Å². The third-order valence-electron chi connectivity index (χ3n) is 3.59. The summed E-state index contributed by atoms with van der Waals surface area (Å²) in [4.78, 5) is 12.0. The lowest BCUT2D eigenvalue weighted by atomic mass is 9.90. The minimum Gasteiger partial charge on any atom is -0.324 e. The predicted molar refractivity (Wildman–Crippen MR) is 74.6 cm³/mol. The second-order valence-electron chi connectivity index (χ2n) is 5.03. The van der Waals surface area contributed by atoms with Crippen molar-refractivity contribution >= 4 is 11.6 Å². The van der Waals surface area contributed by atoms with Gasteiger partial charge >= 0.3 is 0 Å². The molecule has 0 saturated carbocycles. The Morgan fingerprint density at radius 1 is 1.39 bits per heavy atom. The predicted octanol–water partition coefficient (Wildman–Crippen LogP) is 2.63. The topological polar surface area (TPSA) is 55.1 Å². The van der Waals surface area contributed by atoms with E-state index in [-0.39, 0.29) is 5.91 Å². The van der Waals surface area contributed by atoms with E-state index < -0.39 is 6.04 Å². The molecule has 18 heavy (non-hydrogen) atoms. The zero-order valence-electron chi connectivity index (χ0n) is 11.0. The molecule has 1 aromatic carbocycles. The monoisotopic (exact) mass is 246 g/mol. The Morgan fingerprint density at radius 3 is 2.94 bits per heavy atom. The quantitative estimate of drug-likeness (QED) is 0.858. The minimum absolute atomic E-state index is 0.0594. The first-order valence-corrected chi connectivity index (χ1v) is 6.89. The average molecular weight is 246 g/mol. The summed E-state index contributed by atoms with van der Waals surface area (Å²) in [5, 5.41) is 2.99. The van der Waals surface area contributed by atoms with Crippen LogP contribution in [0.15, 0.2) is 18.2 Å². The van der Waals surface area contributed by atoms with Gasteiger partial charge in [-0.25, -0.2) is 0 Å². The van der Waals surface area contributed by atoms with Crippen LogP contribution >= 0.6 is 0 Å². The molecule has 0 radical (unpaired) electrons. The van der Waals surface area contributed by atoms with Gasteiger partial charge in [0, 0.05) is 5.69 Å². The van der Waals surface area contributed by atoms with Gasteiger partial charge in [-0.1, -0.05) is 25.5 Å². The van der Waals surface area contributed by atoms with Crippen LogP contribution in [0.25, 0.3) is 0 Å². The molecule has 1 aliphatic rings. The molecule has 0 spiro atoms. The standard InChI is InChI=1S/C15H22N2O/c1-2-6-13(16)15(18)17-14-10-5-8-11-7-3-4-9-12(11)14/h5,8,10,13H,2-4,6-7,9,16H2,1H3,(H,17,18). The maximum Gasteiger partial charge on any atom is 0.241 e. The summed E-state index contributed by atoms with van der Waals surface area (Å²) >= 11 is 0. The molecular weight excluding hydrogens is 224 g/mol. The van der Waals surface area contributed by atoms with Gasteiger partial charge in [0.2, 0.25) is 5.91 Å². The number of fused-ring (bicyclic) bond motifs is 1. The van der Waals surface area contributed by atoms with Gasteiger partial charge in [0.05, 0.1) is 6.04 Å². The van der Waals surface area contributed by atoms with Gasteiger partial charge in [-0.3, -0.25) is 4.79 Å². The Kier molecular flexibility index (Phi) is 4.37. The van der Waals surface area contributed by atoms with E-state index in [0.717, 1.165) is 31.4 Å². The molecule has 98 valence electrons. The number of aryl methyl sites for hydroxylation is 1. The molecule has 0 fully saturated rings. The van der Waals surface area contributed by atoms with Crippen molar-refractivity contribution < 1.29 is 4.79 Å². The first-order chi connectivity index (χ1) is 8.72. The summed E-state index contributed by atoms with van der Waals surface area (Å²) in [6.45, 7) is 2.04. The number of hydrogen-bond acceptors (Lipinski definition) is 2. The molecule has 2 rings (SSSR count). The second kappa shape index (κ2) is 6.01. The number of amides is 1. The highest BCUT2D eigenvalue weighted by molar-refractivity contribution is 5.95.